The molecule has 6 atom stereocenters. The van der Waals surface area contributed by atoms with Crippen molar-refractivity contribution in [3.8, 4) is 11.4 Å². The van der Waals surface area contributed by atoms with Crippen molar-refractivity contribution >= 4 is 17.7 Å². The molecule has 202 valence electrons. The second-order valence-electron chi connectivity index (χ2n) is 11.3. The number of rotatable bonds is 4. The number of hydrogen-bond donors (Lipinski definition) is 1. The lowest BCUT2D eigenvalue weighted by Gasteiger charge is -2.69. The van der Waals surface area contributed by atoms with Crippen LogP contribution in [0.25, 0.3) is 11.4 Å². The van der Waals surface area contributed by atoms with E-state index in [1.165, 1.54) is 9.80 Å². The fraction of sp³-hybridized carbons (Fsp3) is 0.652. The largest absolute Gasteiger partial charge is 0.384 e. The summed E-state index contributed by atoms with van der Waals surface area (Å²) in [7, 11) is 0. The maximum atomic E-state index is 14.8. The minimum absolute atomic E-state index is 0.161. The summed E-state index contributed by atoms with van der Waals surface area (Å²) in [4.78, 5) is 19.5. The number of nitrogens with zero attached hydrogens (tertiary/aromatic N) is 6. The fourth-order valence-corrected chi connectivity index (χ4v) is 7.83. The summed E-state index contributed by atoms with van der Waals surface area (Å²) in [5.41, 5.74) is 3.35. The van der Waals surface area contributed by atoms with E-state index >= 15 is 0 Å². The van der Waals surface area contributed by atoms with E-state index < -0.39 is 59.0 Å². The number of pyridine rings is 1. The van der Waals surface area contributed by atoms with E-state index in [4.69, 9.17) is 15.2 Å². The molecule has 4 aliphatic heterocycles. The molecule has 15 heteroatoms. The molecule has 38 heavy (non-hydrogen) atoms. The molecule has 2 bridgehead atoms. The number of anilines is 3. The van der Waals surface area contributed by atoms with Gasteiger partial charge in [0.05, 0.1) is 25.9 Å². The Morgan fingerprint density at radius 3 is 2.42 bits per heavy atom. The lowest BCUT2D eigenvalue weighted by Crippen LogP contribution is -2.85. The fourth-order valence-electron chi connectivity index (χ4n) is 7.83. The molecule has 0 aromatic carbocycles. The predicted octanol–water partition coefficient (Wildman–Crippen LogP) is 3.03. The predicted molar refractivity (Wildman–Crippen MR) is 118 cm³/mol. The third kappa shape index (κ3) is 2.61. The van der Waals surface area contributed by atoms with Gasteiger partial charge in [0.15, 0.2) is 5.82 Å². The van der Waals surface area contributed by atoms with Gasteiger partial charge in [-0.15, -0.1) is 0 Å². The zero-order chi connectivity index (χ0) is 26.4. The van der Waals surface area contributed by atoms with Crippen LogP contribution in [0.2, 0.25) is 0 Å². The molecule has 2 spiro atoms. The van der Waals surface area contributed by atoms with Crippen LogP contribution in [0.1, 0.15) is 31.3 Å². The van der Waals surface area contributed by atoms with Gasteiger partial charge in [0.1, 0.15) is 24.1 Å². The summed E-state index contributed by atoms with van der Waals surface area (Å²) in [6.07, 6.45) is -3.04. The zero-order valence-electron chi connectivity index (χ0n) is 19.6. The molecule has 2 N–H and O–H groups in total. The van der Waals surface area contributed by atoms with Crippen LogP contribution in [0, 0.1) is 10.8 Å². The first-order valence-electron chi connectivity index (χ1n) is 12.3. The standard InChI is InChI=1S/C23H21F6N7O2/c24-14(25)9-1-12(30)31-3-10(9)15-32-18(35-11-4-37-8-21(11)6-23(28,29)17(21)35)34-19(33-15)36-13-2-20(7-38-13)5-22(26,27)16(20)36/h1,3,11,13-14,16-17H,2,4-8H2,(H2,30,31). The number of piperidine rings is 1. The summed E-state index contributed by atoms with van der Waals surface area (Å²) in [6.45, 7) is 0.488. The third-order valence-electron chi connectivity index (χ3n) is 9.24. The Balaban J connectivity index is 1.29. The monoisotopic (exact) mass is 541 g/mol. The average Bonchev–Trinajstić information content (AvgIpc) is 3.50. The average molecular weight is 541 g/mol. The number of hydrogen-bond acceptors (Lipinski definition) is 9. The van der Waals surface area contributed by atoms with Gasteiger partial charge in [0.25, 0.3) is 18.3 Å². The van der Waals surface area contributed by atoms with Gasteiger partial charge in [-0.3, -0.25) is 0 Å². The lowest BCUT2D eigenvalue weighted by atomic mass is 9.51. The highest BCUT2D eigenvalue weighted by Crippen LogP contribution is 2.68. The van der Waals surface area contributed by atoms with Gasteiger partial charge in [-0.1, -0.05) is 0 Å². The molecule has 6 aliphatic rings. The first-order valence-corrected chi connectivity index (χ1v) is 12.3. The van der Waals surface area contributed by atoms with Crippen molar-refractivity contribution < 1.29 is 35.8 Å². The molecule has 0 radical (unpaired) electrons. The van der Waals surface area contributed by atoms with Crippen LogP contribution in [0.15, 0.2) is 12.3 Å². The summed E-state index contributed by atoms with van der Waals surface area (Å²) in [5.74, 6) is -7.01. The molecule has 2 aliphatic carbocycles. The van der Waals surface area contributed by atoms with E-state index in [1.54, 1.807) is 0 Å². The molecule has 4 saturated heterocycles. The minimum atomic E-state index is -3.05. The highest BCUT2D eigenvalue weighted by atomic mass is 19.3. The van der Waals surface area contributed by atoms with Crippen LogP contribution in [-0.2, 0) is 9.47 Å². The van der Waals surface area contributed by atoms with Gasteiger partial charge in [0.2, 0.25) is 11.9 Å². The van der Waals surface area contributed by atoms with Crippen LogP contribution in [0.5, 0.6) is 0 Å². The van der Waals surface area contributed by atoms with Crippen molar-refractivity contribution in [1.82, 2.24) is 19.9 Å². The number of fused-ring (bicyclic) bond motifs is 1. The van der Waals surface area contributed by atoms with Crippen molar-refractivity contribution in [1.29, 1.82) is 0 Å². The molecular weight excluding hydrogens is 520 g/mol. The number of nitrogens with two attached hydrogens (primary N) is 1. The highest BCUT2D eigenvalue weighted by molar-refractivity contribution is 5.66. The molecule has 2 aromatic rings. The Hall–Kier alpha value is -2.94. The second-order valence-corrected chi connectivity index (χ2v) is 11.3. The van der Waals surface area contributed by atoms with E-state index in [9.17, 15) is 26.3 Å². The maximum absolute atomic E-state index is 14.8. The van der Waals surface area contributed by atoms with Gasteiger partial charge in [-0.25, -0.2) is 31.3 Å². The van der Waals surface area contributed by atoms with Crippen LogP contribution >= 0.6 is 0 Å². The Morgan fingerprint density at radius 2 is 1.71 bits per heavy atom. The maximum Gasteiger partial charge on any atom is 0.269 e. The Bertz CT molecular complexity index is 1380. The number of aromatic nitrogens is 4. The smallest absolute Gasteiger partial charge is 0.269 e. The van der Waals surface area contributed by atoms with Crippen LogP contribution in [-0.4, -0.2) is 76.0 Å². The molecule has 6 fully saturated rings. The van der Waals surface area contributed by atoms with Gasteiger partial charge in [-0.05, 0) is 6.07 Å². The minimum Gasteiger partial charge on any atom is -0.384 e. The van der Waals surface area contributed by atoms with E-state index in [-0.39, 0.29) is 61.8 Å². The molecule has 2 aromatic heterocycles. The van der Waals surface area contributed by atoms with Crippen molar-refractivity contribution in [3.63, 3.8) is 0 Å². The molecular formula is C23H21F6N7O2. The SMILES string of the molecule is Nc1cc(C(F)F)c(-c2nc(N3C4CC5(CO4)CC(F)(F)C35)nc(N3C4COCC45CC(F)(F)C35)n2)cn1. The van der Waals surface area contributed by atoms with Gasteiger partial charge in [0, 0.05) is 47.4 Å². The number of nitrogen functional groups attached to an aromatic ring is 1. The van der Waals surface area contributed by atoms with Crippen LogP contribution < -0.4 is 15.5 Å². The van der Waals surface area contributed by atoms with E-state index in [0.717, 1.165) is 12.3 Å². The third-order valence-corrected chi connectivity index (χ3v) is 9.24. The molecule has 0 amide bonds. The topological polar surface area (TPSA) is 103 Å². The van der Waals surface area contributed by atoms with Crippen molar-refractivity contribution in [2.24, 2.45) is 10.8 Å². The highest BCUT2D eigenvalue weighted by Gasteiger charge is 2.82. The Kier molecular flexibility index (Phi) is 4.11. The summed E-state index contributed by atoms with van der Waals surface area (Å²) >= 11 is 0. The molecule has 2 saturated carbocycles. The molecule has 6 unspecified atom stereocenters. The van der Waals surface area contributed by atoms with Crippen molar-refractivity contribution in [3.05, 3.63) is 17.8 Å². The van der Waals surface area contributed by atoms with Gasteiger partial charge < -0.3 is 25.0 Å². The summed E-state index contributed by atoms with van der Waals surface area (Å²) in [5, 5.41) is 0. The first-order chi connectivity index (χ1) is 18.0. The number of ether oxygens (including phenoxy) is 2. The quantitative estimate of drug-likeness (QED) is 0.586. The summed E-state index contributed by atoms with van der Waals surface area (Å²) < 4.78 is 98.4. The number of alkyl halides is 6. The summed E-state index contributed by atoms with van der Waals surface area (Å²) in [6, 6.07) is -2.01. The van der Waals surface area contributed by atoms with Gasteiger partial charge in [-0.2, -0.15) is 15.0 Å². The number of halogens is 6. The van der Waals surface area contributed by atoms with E-state index in [0.29, 0.717) is 6.42 Å². The lowest BCUT2D eigenvalue weighted by molar-refractivity contribution is -0.227. The molecule has 8 rings (SSSR count). The van der Waals surface area contributed by atoms with Crippen molar-refractivity contribution in [2.45, 2.75) is 61.9 Å². The van der Waals surface area contributed by atoms with Crippen molar-refractivity contribution in [2.75, 3.05) is 35.4 Å². The first kappa shape index (κ1) is 23.0. The van der Waals surface area contributed by atoms with Crippen LogP contribution in [0.3, 0.4) is 0 Å². The normalized spacial score (nSPS) is 38.8. The zero-order valence-corrected chi connectivity index (χ0v) is 19.6. The van der Waals surface area contributed by atoms with Crippen LogP contribution in [0.4, 0.5) is 44.1 Å². The van der Waals surface area contributed by atoms with E-state index in [1.807, 2.05) is 0 Å². The molecule has 6 heterocycles. The van der Waals surface area contributed by atoms with E-state index in [2.05, 4.69) is 19.9 Å². The Morgan fingerprint density at radius 1 is 0.974 bits per heavy atom. The molecule has 9 nitrogen and oxygen atoms in total. The Labute approximate surface area is 211 Å². The van der Waals surface area contributed by atoms with Gasteiger partial charge >= 0.3 is 0 Å². The second kappa shape index (κ2) is 6.79.